The first-order valence-corrected chi connectivity index (χ1v) is 13.9. The zero-order valence-corrected chi connectivity index (χ0v) is 21.8. The molecule has 11 nitrogen and oxygen atoms in total. The van der Waals surface area contributed by atoms with Crippen LogP contribution in [0.15, 0.2) is 72.0 Å². The number of nitrogens with zero attached hydrogens (tertiary/aromatic N) is 4. The molecule has 4 aromatic rings. The molecule has 1 N–H and O–H groups in total. The minimum absolute atomic E-state index is 0.0235. The van der Waals surface area contributed by atoms with Crippen LogP contribution in [-0.4, -0.2) is 55.7 Å². The molecule has 0 amide bonds. The molecule has 1 aliphatic rings. The Morgan fingerprint density at radius 2 is 1.79 bits per heavy atom. The van der Waals surface area contributed by atoms with Gasteiger partial charge in [-0.05, 0) is 42.0 Å². The summed E-state index contributed by atoms with van der Waals surface area (Å²) in [4.78, 5) is 27.2. The van der Waals surface area contributed by atoms with Crippen molar-refractivity contribution in [3.8, 4) is 16.9 Å². The van der Waals surface area contributed by atoms with Gasteiger partial charge in [0.05, 0.1) is 35.5 Å². The summed E-state index contributed by atoms with van der Waals surface area (Å²) in [5.41, 5.74) is 1.67. The molecule has 5 rings (SSSR count). The standard InChI is InChI=1S/C27H25N5O6S/c1-3-18-14-19(16-20(15-18)29-39(2,36)37)26-22-6-4-5-7-23(22)27(33)31(28-26)25-17-21(8-9-24(25)32(34)35)30-10-12-38-13-11-30/h3-9,14-17,29H,1,10-13H2,2H3. The smallest absolute Gasteiger partial charge is 0.295 e. The fourth-order valence-corrected chi connectivity index (χ4v) is 5.15. The lowest BCUT2D eigenvalue weighted by molar-refractivity contribution is -0.384. The summed E-state index contributed by atoms with van der Waals surface area (Å²) in [5.74, 6) is 0. The number of nitro groups is 1. The number of anilines is 2. The molecular weight excluding hydrogens is 522 g/mol. The first-order valence-electron chi connectivity index (χ1n) is 12.0. The maximum absolute atomic E-state index is 13.7. The van der Waals surface area contributed by atoms with Gasteiger partial charge >= 0.3 is 0 Å². The van der Waals surface area contributed by atoms with Crippen molar-refractivity contribution in [1.82, 2.24) is 9.78 Å². The topological polar surface area (TPSA) is 137 Å². The van der Waals surface area contributed by atoms with E-state index in [4.69, 9.17) is 4.74 Å². The third-order valence-corrected chi connectivity index (χ3v) is 6.94. The second-order valence-electron chi connectivity index (χ2n) is 9.06. The predicted octanol–water partition coefficient (Wildman–Crippen LogP) is 3.81. The average molecular weight is 548 g/mol. The van der Waals surface area contributed by atoms with Crippen LogP contribution in [0.4, 0.5) is 17.1 Å². The van der Waals surface area contributed by atoms with Gasteiger partial charge in [-0.25, -0.2) is 8.42 Å². The van der Waals surface area contributed by atoms with Crippen LogP contribution in [0.25, 0.3) is 33.8 Å². The Bertz CT molecular complexity index is 1780. The number of morpholine rings is 1. The van der Waals surface area contributed by atoms with Gasteiger partial charge in [0.1, 0.15) is 5.69 Å². The van der Waals surface area contributed by atoms with Crippen LogP contribution in [0.1, 0.15) is 5.56 Å². The highest BCUT2D eigenvalue weighted by atomic mass is 32.2. The molecule has 0 spiro atoms. The minimum atomic E-state index is -3.58. The monoisotopic (exact) mass is 547 g/mol. The quantitative estimate of drug-likeness (QED) is 0.272. The molecule has 0 radical (unpaired) electrons. The van der Waals surface area contributed by atoms with Crippen LogP contribution < -0.4 is 15.2 Å². The van der Waals surface area contributed by atoms with E-state index in [0.29, 0.717) is 59.6 Å². The molecule has 0 bridgehead atoms. The highest BCUT2D eigenvalue weighted by Gasteiger charge is 2.23. The Hall–Kier alpha value is -4.55. The number of hydrogen-bond acceptors (Lipinski definition) is 8. The number of benzene rings is 3. The van der Waals surface area contributed by atoms with Gasteiger partial charge in [0.15, 0.2) is 0 Å². The number of sulfonamides is 1. The number of aromatic nitrogens is 2. The molecule has 0 saturated carbocycles. The fourth-order valence-electron chi connectivity index (χ4n) is 4.60. The van der Waals surface area contributed by atoms with E-state index < -0.39 is 20.5 Å². The van der Waals surface area contributed by atoms with Crippen molar-refractivity contribution in [2.45, 2.75) is 0 Å². The maximum Gasteiger partial charge on any atom is 0.295 e. The first kappa shape index (κ1) is 26.1. The molecule has 1 saturated heterocycles. The summed E-state index contributed by atoms with van der Waals surface area (Å²) in [6.45, 7) is 6.04. The molecule has 1 aliphatic heterocycles. The van der Waals surface area contributed by atoms with Gasteiger partial charge in [-0.15, -0.1) is 0 Å². The van der Waals surface area contributed by atoms with Crippen molar-refractivity contribution in [2.24, 2.45) is 0 Å². The van der Waals surface area contributed by atoms with Gasteiger partial charge in [0, 0.05) is 41.5 Å². The largest absolute Gasteiger partial charge is 0.378 e. The molecule has 200 valence electrons. The van der Waals surface area contributed by atoms with E-state index in [2.05, 4.69) is 16.4 Å². The van der Waals surface area contributed by atoms with Crippen molar-refractivity contribution in [2.75, 3.05) is 42.2 Å². The van der Waals surface area contributed by atoms with Gasteiger partial charge in [0.2, 0.25) is 10.0 Å². The van der Waals surface area contributed by atoms with Crippen molar-refractivity contribution < 1.29 is 18.1 Å². The van der Waals surface area contributed by atoms with Gasteiger partial charge in [-0.2, -0.15) is 9.78 Å². The van der Waals surface area contributed by atoms with Crippen LogP contribution in [0.3, 0.4) is 0 Å². The second-order valence-corrected chi connectivity index (χ2v) is 10.8. The Morgan fingerprint density at radius 3 is 2.46 bits per heavy atom. The third-order valence-electron chi connectivity index (χ3n) is 6.33. The Balaban J connectivity index is 1.79. The number of nitro benzene ring substituents is 1. The predicted molar refractivity (Wildman–Crippen MR) is 151 cm³/mol. The normalized spacial score (nSPS) is 13.8. The number of rotatable bonds is 7. The van der Waals surface area contributed by atoms with Crippen molar-refractivity contribution in [1.29, 1.82) is 0 Å². The SMILES string of the molecule is C=Cc1cc(NS(C)(=O)=O)cc(-c2nn(-c3cc(N4CCOCC4)ccc3[N+](=O)[O-])c(=O)c3ccccc23)c1. The van der Waals surface area contributed by atoms with Gasteiger partial charge < -0.3 is 9.64 Å². The van der Waals surface area contributed by atoms with Crippen LogP contribution >= 0.6 is 0 Å². The van der Waals surface area contributed by atoms with Crippen molar-refractivity contribution in [3.63, 3.8) is 0 Å². The molecular formula is C27H25N5O6S. The number of hydrogen-bond donors (Lipinski definition) is 1. The minimum Gasteiger partial charge on any atom is -0.378 e. The Labute approximate surface area is 224 Å². The molecule has 39 heavy (non-hydrogen) atoms. The van der Waals surface area contributed by atoms with E-state index in [0.717, 1.165) is 10.9 Å². The molecule has 2 heterocycles. The fraction of sp³-hybridized carbons (Fsp3) is 0.185. The van der Waals surface area contributed by atoms with Crippen LogP contribution in [0.2, 0.25) is 0 Å². The van der Waals surface area contributed by atoms with E-state index >= 15 is 0 Å². The lowest BCUT2D eigenvalue weighted by Gasteiger charge is -2.29. The number of nitrogens with one attached hydrogen (secondary N) is 1. The molecule has 3 aromatic carbocycles. The van der Waals surface area contributed by atoms with Crippen LogP contribution in [0.5, 0.6) is 0 Å². The Morgan fingerprint density at radius 1 is 1.08 bits per heavy atom. The molecule has 1 aromatic heterocycles. The summed E-state index contributed by atoms with van der Waals surface area (Å²) in [7, 11) is -3.58. The van der Waals surface area contributed by atoms with Crippen molar-refractivity contribution >= 4 is 43.9 Å². The maximum atomic E-state index is 13.7. The molecule has 12 heteroatoms. The number of ether oxygens (including phenoxy) is 1. The number of fused-ring (bicyclic) bond motifs is 1. The highest BCUT2D eigenvalue weighted by molar-refractivity contribution is 7.92. The summed E-state index contributed by atoms with van der Waals surface area (Å²) < 4.78 is 32.8. The lowest BCUT2D eigenvalue weighted by atomic mass is 10.0. The molecule has 0 unspecified atom stereocenters. The summed E-state index contributed by atoms with van der Waals surface area (Å²) in [6.07, 6.45) is 2.60. The van der Waals surface area contributed by atoms with E-state index in [1.165, 1.54) is 6.07 Å². The van der Waals surface area contributed by atoms with Gasteiger partial charge in [-0.3, -0.25) is 19.6 Å². The molecule has 1 fully saturated rings. The third kappa shape index (κ3) is 5.38. The van der Waals surface area contributed by atoms with Gasteiger partial charge in [0.25, 0.3) is 11.2 Å². The highest BCUT2D eigenvalue weighted by Crippen LogP contribution is 2.32. The zero-order chi connectivity index (χ0) is 27.7. The second kappa shape index (κ2) is 10.3. The van der Waals surface area contributed by atoms with Crippen LogP contribution in [-0.2, 0) is 14.8 Å². The molecule has 0 atom stereocenters. The van der Waals surface area contributed by atoms with E-state index in [1.54, 1.807) is 60.7 Å². The summed E-state index contributed by atoms with van der Waals surface area (Å²) >= 11 is 0. The first-order chi connectivity index (χ1) is 18.6. The average Bonchev–Trinajstić information content (AvgIpc) is 2.92. The zero-order valence-electron chi connectivity index (χ0n) is 21.0. The van der Waals surface area contributed by atoms with Gasteiger partial charge in [-0.1, -0.05) is 30.9 Å². The Kier molecular flexibility index (Phi) is 6.89. The van der Waals surface area contributed by atoms with E-state index in [9.17, 15) is 23.3 Å². The summed E-state index contributed by atoms with van der Waals surface area (Å²) in [6, 6.07) is 16.4. The van der Waals surface area contributed by atoms with Crippen LogP contribution in [0, 0.1) is 10.1 Å². The van der Waals surface area contributed by atoms with Crippen molar-refractivity contribution in [3.05, 3.63) is 93.3 Å². The van der Waals surface area contributed by atoms with E-state index in [-0.39, 0.29) is 17.1 Å². The lowest BCUT2D eigenvalue weighted by Crippen LogP contribution is -2.36. The molecule has 0 aliphatic carbocycles. The van der Waals surface area contributed by atoms with E-state index in [1.807, 2.05) is 4.90 Å². The summed E-state index contributed by atoms with van der Waals surface area (Å²) in [5, 5.41) is 17.5.